The lowest BCUT2D eigenvalue weighted by Crippen LogP contribution is -1.86. The van der Waals surface area contributed by atoms with Crippen LogP contribution in [-0.2, 0) is 0 Å². The van der Waals surface area contributed by atoms with Gasteiger partial charge in [0.2, 0.25) is 0 Å². The van der Waals surface area contributed by atoms with Crippen LogP contribution in [0.25, 0.3) is 44.0 Å². The standard InChI is InChI=1S/C27H17N/c28-18-25(23-15-12-19-6-1-2-8-22(19)16-23)17-24-10-5-9-21-14-13-20-7-3-4-11-26(20)27(21)24/h1-17H/b25-17+. The first-order valence-corrected chi connectivity index (χ1v) is 9.35. The molecule has 0 aliphatic heterocycles. The highest BCUT2D eigenvalue weighted by atomic mass is 14.2. The Labute approximate surface area is 163 Å². The van der Waals surface area contributed by atoms with E-state index in [2.05, 4.69) is 84.9 Å². The molecule has 0 bridgehead atoms. The fraction of sp³-hybridized carbons (Fsp3) is 0. The summed E-state index contributed by atoms with van der Waals surface area (Å²) in [5, 5.41) is 17.0. The van der Waals surface area contributed by atoms with Gasteiger partial charge in [0.05, 0.1) is 11.6 Å². The number of hydrogen-bond acceptors (Lipinski definition) is 1. The van der Waals surface area contributed by atoms with E-state index in [1.54, 1.807) is 0 Å². The molecule has 0 atom stereocenters. The first-order chi connectivity index (χ1) is 13.8. The van der Waals surface area contributed by atoms with E-state index in [1.165, 1.54) is 26.9 Å². The molecule has 1 heteroatoms. The van der Waals surface area contributed by atoms with Crippen LogP contribution in [0.5, 0.6) is 0 Å². The van der Waals surface area contributed by atoms with Gasteiger partial charge in [-0.1, -0.05) is 91.0 Å². The maximum atomic E-state index is 9.88. The van der Waals surface area contributed by atoms with Crippen molar-refractivity contribution in [2.45, 2.75) is 0 Å². The Bertz CT molecular complexity index is 1420. The van der Waals surface area contributed by atoms with Crippen LogP contribution in [0.2, 0.25) is 0 Å². The molecule has 0 amide bonds. The van der Waals surface area contributed by atoms with Crippen LogP contribution in [0.3, 0.4) is 0 Å². The van der Waals surface area contributed by atoms with Gasteiger partial charge < -0.3 is 0 Å². The molecule has 0 radical (unpaired) electrons. The summed E-state index contributed by atoms with van der Waals surface area (Å²) in [7, 11) is 0. The van der Waals surface area contributed by atoms with Gasteiger partial charge in [-0.25, -0.2) is 0 Å². The summed E-state index contributed by atoms with van der Waals surface area (Å²) >= 11 is 0. The smallest absolute Gasteiger partial charge is 0.0998 e. The second-order valence-corrected chi connectivity index (χ2v) is 6.96. The minimum absolute atomic E-state index is 0.672. The molecule has 0 aliphatic carbocycles. The SMILES string of the molecule is N#C/C(=C\c1cccc2ccc3ccccc3c12)c1ccc2ccccc2c1. The van der Waals surface area contributed by atoms with Crippen LogP contribution in [-0.4, -0.2) is 0 Å². The second kappa shape index (κ2) is 6.68. The number of fused-ring (bicyclic) bond motifs is 4. The summed E-state index contributed by atoms with van der Waals surface area (Å²) < 4.78 is 0. The summed E-state index contributed by atoms with van der Waals surface area (Å²) in [6.07, 6.45) is 2.01. The first kappa shape index (κ1) is 16.3. The van der Waals surface area contributed by atoms with Gasteiger partial charge in [0.1, 0.15) is 0 Å². The average molecular weight is 355 g/mol. The predicted molar refractivity (Wildman–Crippen MR) is 119 cm³/mol. The Hall–Kier alpha value is -3.89. The lowest BCUT2D eigenvalue weighted by atomic mass is 9.95. The minimum atomic E-state index is 0.672. The number of hydrogen-bond donors (Lipinski definition) is 0. The van der Waals surface area contributed by atoms with Crippen molar-refractivity contribution in [1.82, 2.24) is 0 Å². The number of nitriles is 1. The minimum Gasteiger partial charge on any atom is -0.192 e. The van der Waals surface area contributed by atoms with E-state index in [4.69, 9.17) is 0 Å². The molecule has 5 aromatic rings. The van der Waals surface area contributed by atoms with E-state index >= 15 is 0 Å². The third-order valence-corrected chi connectivity index (χ3v) is 5.28. The molecule has 5 rings (SSSR count). The predicted octanol–water partition coefficient (Wildman–Crippen LogP) is 7.21. The third kappa shape index (κ3) is 2.73. The zero-order chi connectivity index (χ0) is 18.9. The molecule has 0 saturated heterocycles. The molecular formula is C27H17N. The van der Waals surface area contributed by atoms with Crippen molar-refractivity contribution in [3.8, 4) is 6.07 Å². The monoisotopic (exact) mass is 355 g/mol. The van der Waals surface area contributed by atoms with Crippen molar-refractivity contribution in [2.24, 2.45) is 0 Å². The Morgan fingerprint density at radius 2 is 1.32 bits per heavy atom. The van der Waals surface area contributed by atoms with Gasteiger partial charge in [-0.15, -0.1) is 0 Å². The number of nitrogens with zero attached hydrogens (tertiary/aromatic N) is 1. The van der Waals surface area contributed by atoms with Crippen molar-refractivity contribution in [1.29, 1.82) is 5.26 Å². The maximum Gasteiger partial charge on any atom is 0.0998 e. The second-order valence-electron chi connectivity index (χ2n) is 6.96. The van der Waals surface area contributed by atoms with Gasteiger partial charge >= 0.3 is 0 Å². The topological polar surface area (TPSA) is 23.8 Å². The van der Waals surface area contributed by atoms with Crippen LogP contribution in [0, 0.1) is 11.3 Å². The molecular weight excluding hydrogens is 338 g/mol. The Balaban J connectivity index is 1.75. The van der Waals surface area contributed by atoms with Crippen molar-refractivity contribution in [3.63, 3.8) is 0 Å². The van der Waals surface area contributed by atoms with E-state index in [0.29, 0.717) is 5.57 Å². The molecule has 5 aromatic carbocycles. The molecule has 0 heterocycles. The largest absolute Gasteiger partial charge is 0.192 e. The van der Waals surface area contributed by atoms with Gasteiger partial charge in [0.25, 0.3) is 0 Å². The van der Waals surface area contributed by atoms with Crippen LogP contribution < -0.4 is 0 Å². The molecule has 0 saturated carbocycles. The van der Waals surface area contributed by atoms with Gasteiger partial charge in [0.15, 0.2) is 0 Å². The van der Waals surface area contributed by atoms with Crippen molar-refractivity contribution < 1.29 is 0 Å². The molecule has 28 heavy (non-hydrogen) atoms. The van der Waals surface area contributed by atoms with Gasteiger partial charge in [0, 0.05) is 0 Å². The zero-order valence-electron chi connectivity index (χ0n) is 15.3. The summed E-state index contributed by atoms with van der Waals surface area (Å²) in [6.45, 7) is 0. The van der Waals surface area contributed by atoms with Crippen LogP contribution >= 0.6 is 0 Å². The summed E-state index contributed by atoms with van der Waals surface area (Å²) in [5.41, 5.74) is 2.68. The molecule has 0 N–H and O–H groups in total. The molecule has 0 aliphatic rings. The van der Waals surface area contributed by atoms with E-state index in [1.807, 2.05) is 24.3 Å². The fourth-order valence-corrected chi connectivity index (χ4v) is 3.90. The molecule has 0 aromatic heterocycles. The summed E-state index contributed by atoms with van der Waals surface area (Å²) in [5.74, 6) is 0. The Kier molecular flexibility index (Phi) is 3.89. The highest BCUT2D eigenvalue weighted by Crippen LogP contribution is 2.31. The van der Waals surface area contributed by atoms with E-state index < -0.39 is 0 Å². The van der Waals surface area contributed by atoms with Gasteiger partial charge in [-0.3, -0.25) is 0 Å². The molecule has 0 fully saturated rings. The Morgan fingerprint density at radius 3 is 2.18 bits per heavy atom. The first-order valence-electron chi connectivity index (χ1n) is 9.35. The number of benzene rings is 5. The Morgan fingerprint density at radius 1 is 0.643 bits per heavy atom. The van der Waals surface area contributed by atoms with Crippen molar-refractivity contribution in [3.05, 3.63) is 108 Å². The molecule has 0 spiro atoms. The lowest BCUT2D eigenvalue weighted by molar-refractivity contribution is 1.53. The lowest BCUT2D eigenvalue weighted by Gasteiger charge is -2.08. The van der Waals surface area contributed by atoms with Crippen LogP contribution in [0.4, 0.5) is 0 Å². The van der Waals surface area contributed by atoms with Gasteiger partial charge in [-0.05, 0) is 55.6 Å². The van der Waals surface area contributed by atoms with E-state index in [0.717, 1.165) is 16.5 Å². The maximum absolute atomic E-state index is 9.88. The highest BCUT2D eigenvalue weighted by Gasteiger charge is 2.07. The van der Waals surface area contributed by atoms with Crippen molar-refractivity contribution >= 4 is 44.0 Å². The number of rotatable bonds is 2. The quantitative estimate of drug-likeness (QED) is 0.186. The fourth-order valence-electron chi connectivity index (χ4n) is 3.90. The normalized spacial score (nSPS) is 11.8. The molecule has 0 unspecified atom stereocenters. The molecule has 1 nitrogen and oxygen atoms in total. The third-order valence-electron chi connectivity index (χ3n) is 5.28. The zero-order valence-corrected chi connectivity index (χ0v) is 15.3. The molecule has 130 valence electrons. The van der Waals surface area contributed by atoms with E-state index in [9.17, 15) is 5.26 Å². The van der Waals surface area contributed by atoms with Crippen LogP contribution in [0.1, 0.15) is 11.1 Å². The van der Waals surface area contributed by atoms with Crippen molar-refractivity contribution in [2.75, 3.05) is 0 Å². The highest BCUT2D eigenvalue weighted by molar-refractivity contribution is 6.12. The summed E-state index contributed by atoms with van der Waals surface area (Å²) in [4.78, 5) is 0. The van der Waals surface area contributed by atoms with Gasteiger partial charge in [-0.2, -0.15) is 5.26 Å². The average Bonchev–Trinajstić information content (AvgIpc) is 2.77. The summed E-state index contributed by atoms with van der Waals surface area (Å²) in [6, 6.07) is 35.8. The van der Waals surface area contributed by atoms with E-state index in [-0.39, 0.29) is 0 Å². The number of allylic oxidation sites excluding steroid dienone is 1. The van der Waals surface area contributed by atoms with Crippen LogP contribution in [0.15, 0.2) is 97.1 Å².